The molecule has 1 aliphatic carbocycles. The minimum Gasteiger partial charge on any atom is -0.488 e. The molecule has 0 saturated heterocycles. The summed E-state index contributed by atoms with van der Waals surface area (Å²) in [6.07, 6.45) is 7.64. The lowest BCUT2D eigenvalue weighted by molar-refractivity contribution is 0.306. The molecule has 1 heterocycles. The number of rotatable bonds is 6. The Morgan fingerprint density at radius 2 is 1.85 bits per heavy atom. The molecule has 3 atom stereocenters. The van der Waals surface area contributed by atoms with Crippen LogP contribution in [0.4, 0.5) is 11.4 Å². The molecular weight excluding hydrogens is 591 g/mol. The van der Waals surface area contributed by atoms with E-state index in [2.05, 4.69) is 82.8 Å². The minimum absolute atomic E-state index is 0.267. The van der Waals surface area contributed by atoms with Gasteiger partial charge in [0, 0.05) is 43.5 Å². The number of hydrogen-bond donors (Lipinski definition) is 1. The standard InChI is InChI=1S/C33H27BrCl2N2O/c1-20-5-13-31-29(15-20)27-3-2-4-28(27)33(38-31)21-7-11-26(12-8-21)37-18-23-16-24(34)9-14-32(23)39-19-22-6-10-25(35)17-30(22)36/h2-3,5-18,27-28,33,38H,4,19H2,1H3/t27-,28+,33-/m1/s1. The van der Waals surface area contributed by atoms with Crippen molar-refractivity contribution >= 4 is 56.7 Å². The molecule has 6 heteroatoms. The minimum atomic E-state index is 0.267. The first-order valence-electron chi connectivity index (χ1n) is 13.0. The van der Waals surface area contributed by atoms with Crippen LogP contribution >= 0.6 is 39.1 Å². The summed E-state index contributed by atoms with van der Waals surface area (Å²) in [6, 6.07) is 26.8. The topological polar surface area (TPSA) is 33.6 Å². The lowest BCUT2D eigenvalue weighted by Gasteiger charge is -2.37. The monoisotopic (exact) mass is 616 g/mol. The fourth-order valence-corrected chi connectivity index (χ4v) is 6.34. The highest BCUT2D eigenvalue weighted by Crippen LogP contribution is 2.50. The van der Waals surface area contributed by atoms with Gasteiger partial charge in [0.05, 0.1) is 11.7 Å². The van der Waals surface area contributed by atoms with E-state index in [-0.39, 0.29) is 6.04 Å². The molecule has 0 fully saturated rings. The molecule has 4 aromatic rings. The predicted octanol–water partition coefficient (Wildman–Crippen LogP) is 10.2. The third kappa shape index (κ3) is 5.65. The summed E-state index contributed by atoms with van der Waals surface area (Å²) in [5.74, 6) is 1.70. The predicted molar refractivity (Wildman–Crippen MR) is 166 cm³/mol. The average molecular weight is 618 g/mol. The van der Waals surface area contributed by atoms with E-state index in [9.17, 15) is 0 Å². The van der Waals surface area contributed by atoms with Gasteiger partial charge in [-0.25, -0.2) is 0 Å². The summed E-state index contributed by atoms with van der Waals surface area (Å²) in [6.45, 7) is 2.50. The van der Waals surface area contributed by atoms with Gasteiger partial charge in [-0.2, -0.15) is 0 Å². The molecule has 0 bridgehead atoms. The highest BCUT2D eigenvalue weighted by Gasteiger charge is 2.37. The van der Waals surface area contributed by atoms with E-state index in [1.54, 1.807) is 6.07 Å². The van der Waals surface area contributed by atoms with Crippen LogP contribution in [0.3, 0.4) is 0 Å². The van der Waals surface area contributed by atoms with Crippen LogP contribution in [0.25, 0.3) is 0 Å². The summed E-state index contributed by atoms with van der Waals surface area (Å²) >= 11 is 15.9. The molecule has 0 spiro atoms. The Labute approximate surface area is 247 Å². The first kappa shape index (κ1) is 26.2. The molecule has 1 N–H and O–H groups in total. The zero-order valence-electron chi connectivity index (χ0n) is 21.4. The van der Waals surface area contributed by atoms with Crippen LogP contribution in [0.1, 0.15) is 46.2 Å². The van der Waals surface area contributed by atoms with Crippen molar-refractivity contribution in [1.29, 1.82) is 0 Å². The number of allylic oxidation sites excluding steroid dienone is 2. The fraction of sp³-hybridized carbons (Fsp3) is 0.182. The van der Waals surface area contributed by atoms with Crippen LogP contribution in [-0.4, -0.2) is 6.21 Å². The van der Waals surface area contributed by atoms with Gasteiger partial charge in [-0.15, -0.1) is 0 Å². The molecule has 0 radical (unpaired) electrons. The quantitative estimate of drug-likeness (QED) is 0.172. The first-order chi connectivity index (χ1) is 18.9. The molecule has 3 nitrogen and oxygen atoms in total. The number of halogens is 3. The summed E-state index contributed by atoms with van der Waals surface area (Å²) in [5.41, 5.74) is 7.88. The van der Waals surface area contributed by atoms with Gasteiger partial charge in [0.15, 0.2) is 0 Å². The lowest BCUT2D eigenvalue weighted by atomic mass is 9.76. The van der Waals surface area contributed by atoms with Gasteiger partial charge in [-0.1, -0.05) is 87.2 Å². The number of fused-ring (bicyclic) bond motifs is 3. The lowest BCUT2D eigenvalue weighted by Crippen LogP contribution is -2.29. The highest BCUT2D eigenvalue weighted by molar-refractivity contribution is 9.10. The van der Waals surface area contributed by atoms with Crippen molar-refractivity contribution in [2.75, 3.05) is 5.32 Å². The van der Waals surface area contributed by atoms with Gasteiger partial charge < -0.3 is 10.1 Å². The van der Waals surface area contributed by atoms with E-state index in [1.165, 1.54) is 22.4 Å². The van der Waals surface area contributed by atoms with Crippen LogP contribution in [0.15, 0.2) is 100 Å². The number of nitrogens with zero attached hydrogens (tertiary/aromatic N) is 1. The van der Waals surface area contributed by atoms with Crippen LogP contribution < -0.4 is 10.1 Å². The van der Waals surface area contributed by atoms with Crippen molar-refractivity contribution in [3.63, 3.8) is 0 Å². The Hall–Kier alpha value is -3.05. The molecule has 0 aromatic heterocycles. The SMILES string of the molecule is Cc1ccc2c(c1)[C@@H]1C=CC[C@@H]1[C@@H](c1ccc(N=Cc3cc(Br)ccc3OCc3ccc(Cl)cc3Cl)cc1)N2. The summed E-state index contributed by atoms with van der Waals surface area (Å²) in [4.78, 5) is 4.76. The maximum atomic E-state index is 6.33. The first-order valence-corrected chi connectivity index (χ1v) is 14.5. The van der Waals surface area contributed by atoms with E-state index in [0.717, 1.165) is 33.5 Å². The zero-order valence-corrected chi connectivity index (χ0v) is 24.5. The highest BCUT2D eigenvalue weighted by atomic mass is 79.9. The average Bonchev–Trinajstić information content (AvgIpc) is 3.43. The van der Waals surface area contributed by atoms with Crippen molar-refractivity contribution in [2.45, 2.75) is 31.9 Å². The molecule has 1 aliphatic heterocycles. The van der Waals surface area contributed by atoms with Crippen LogP contribution in [-0.2, 0) is 6.61 Å². The van der Waals surface area contributed by atoms with Crippen molar-refractivity contribution in [1.82, 2.24) is 0 Å². The number of anilines is 1. The molecule has 2 aliphatic rings. The second kappa shape index (κ2) is 11.2. The summed E-state index contributed by atoms with van der Waals surface area (Å²) < 4.78 is 7.06. The zero-order chi connectivity index (χ0) is 26.9. The van der Waals surface area contributed by atoms with Gasteiger partial charge in [0.2, 0.25) is 0 Å². The molecule has 196 valence electrons. The largest absolute Gasteiger partial charge is 0.488 e. The van der Waals surface area contributed by atoms with Gasteiger partial charge in [0.1, 0.15) is 12.4 Å². The van der Waals surface area contributed by atoms with Gasteiger partial charge in [-0.3, -0.25) is 4.99 Å². The molecule has 4 aromatic carbocycles. The van der Waals surface area contributed by atoms with Gasteiger partial charge >= 0.3 is 0 Å². The number of nitrogens with one attached hydrogen (secondary N) is 1. The van der Waals surface area contributed by atoms with Crippen LogP contribution in [0, 0.1) is 12.8 Å². The maximum Gasteiger partial charge on any atom is 0.128 e. The second-order valence-electron chi connectivity index (χ2n) is 10.1. The molecule has 6 rings (SSSR count). The summed E-state index contributed by atoms with van der Waals surface area (Å²) in [5, 5.41) is 5.01. The van der Waals surface area contributed by atoms with Crippen molar-refractivity contribution < 1.29 is 4.74 Å². The van der Waals surface area contributed by atoms with E-state index in [4.69, 9.17) is 32.9 Å². The van der Waals surface area contributed by atoms with Gasteiger partial charge in [-0.05, 0) is 78.9 Å². The number of benzene rings is 4. The van der Waals surface area contributed by atoms with Crippen LogP contribution in [0.2, 0.25) is 10.0 Å². The fourth-order valence-electron chi connectivity index (χ4n) is 5.50. The molecule has 0 amide bonds. The van der Waals surface area contributed by atoms with E-state index in [0.29, 0.717) is 28.5 Å². The van der Waals surface area contributed by atoms with E-state index < -0.39 is 0 Å². The van der Waals surface area contributed by atoms with E-state index >= 15 is 0 Å². The number of aryl methyl sites for hydroxylation is 1. The smallest absolute Gasteiger partial charge is 0.128 e. The molecular formula is C33H27BrCl2N2O. The van der Waals surface area contributed by atoms with Crippen molar-refractivity contribution in [3.8, 4) is 5.75 Å². The molecule has 0 saturated carbocycles. The Morgan fingerprint density at radius 1 is 1.00 bits per heavy atom. The third-order valence-electron chi connectivity index (χ3n) is 7.49. The Kier molecular flexibility index (Phi) is 7.53. The molecule has 0 unspecified atom stereocenters. The van der Waals surface area contributed by atoms with Crippen molar-refractivity contribution in [2.24, 2.45) is 10.9 Å². The number of aliphatic imine (C=N–C) groups is 1. The van der Waals surface area contributed by atoms with E-state index in [1.807, 2.05) is 36.5 Å². The van der Waals surface area contributed by atoms with Crippen LogP contribution in [0.5, 0.6) is 5.75 Å². The summed E-state index contributed by atoms with van der Waals surface area (Å²) in [7, 11) is 0. The number of ether oxygens (including phenoxy) is 1. The molecule has 39 heavy (non-hydrogen) atoms. The normalized spacial score (nSPS) is 19.5. The Morgan fingerprint density at radius 3 is 2.67 bits per heavy atom. The second-order valence-corrected chi connectivity index (χ2v) is 11.9. The van der Waals surface area contributed by atoms with Gasteiger partial charge in [0.25, 0.3) is 0 Å². The number of hydrogen-bond acceptors (Lipinski definition) is 3. The van der Waals surface area contributed by atoms with Crippen molar-refractivity contribution in [3.05, 3.63) is 133 Å². The Bertz CT molecular complexity index is 1580. The third-order valence-corrected chi connectivity index (χ3v) is 8.57. The Balaban J connectivity index is 1.19. The maximum absolute atomic E-state index is 6.33.